The van der Waals surface area contributed by atoms with Gasteiger partial charge < -0.3 is 4.90 Å². The lowest BCUT2D eigenvalue weighted by Gasteiger charge is -2.28. The fourth-order valence-electron chi connectivity index (χ4n) is 3.74. The number of aromatic nitrogens is 1. The number of carbonyl (C=O) groups excluding carboxylic acids is 1. The second kappa shape index (κ2) is 7.99. The molecule has 7 heteroatoms. The minimum atomic E-state index is -3.18. The molecule has 1 aliphatic carbocycles. The van der Waals surface area contributed by atoms with Gasteiger partial charge in [-0.3, -0.25) is 14.1 Å². The maximum Gasteiger partial charge on any atom is 0.247 e. The van der Waals surface area contributed by atoms with Crippen LogP contribution in [0.3, 0.4) is 0 Å². The molecule has 2 fully saturated rings. The van der Waals surface area contributed by atoms with Crippen LogP contribution in [0, 0.1) is 0 Å². The van der Waals surface area contributed by atoms with Crippen LogP contribution in [0.2, 0.25) is 0 Å². The van der Waals surface area contributed by atoms with Crippen LogP contribution >= 0.6 is 0 Å². The van der Waals surface area contributed by atoms with Crippen molar-refractivity contribution in [3.63, 3.8) is 0 Å². The van der Waals surface area contributed by atoms with Gasteiger partial charge in [0.15, 0.2) is 0 Å². The zero-order chi connectivity index (χ0) is 20.4. The zero-order valence-corrected chi connectivity index (χ0v) is 17.3. The highest BCUT2D eigenvalue weighted by atomic mass is 32.2. The van der Waals surface area contributed by atoms with E-state index < -0.39 is 10.0 Å². The SMILES string of the molecule is CC(c1ccccn1)N(C(=O)/C=C/c1ccc(N2CCCS2(=O)=O)cc1)C1CC1. The first-order valence-electron chi connectivity index (χ1n) is 9.97. The zero-order valence-electron chi connectivity index (χ0n) is 16.4. The Morgan fingerprint density at radius 2 is 1.97 bits per heavy atom. The molecule has 1 amide bonds. The number of nitrogens with zero attached hydrogens (tertiary/aromatic N) is 3. The highest BCUT2D eigenvalue weighted by Gasteiger charge is 2.35. The largest absolute Gasteiger partial charge is 0.328 e. The number of hydrogen-bond acceptors (Lipinski definition) is 4. The number of carbonyl (C=O) groups is 1. The monoisotopic (exact) mass is 411 g/mol. The summed E-state index contributed by atoms with van der Waals surface area (Å²) in [5.41, 5.74) is 2.42. The molecule has 0 spiro atoms. The normalized spacial score (nSPS) is 19.4. The van der Waals surface area contributed by atoms with Crippen LogP contribution in [-0.4, -0.2) is 42.5 Å². The Morgan fingerprint density at radius 1 is 1.21 bits per heavy atom. The number of benzene rings is 1. The standard InChI is InChI=1S/C22H25N3O3S/c1-17(21-5-2-3-14-23-21)25(20-11-12-20)22(26)13-8-18-6-9-19(10-7-18)24-15-4-16-29(24,27)28/h2-3,5-10,13-14,17,20H,4,11-12,15-16H2,1H3/b13-8+. The smallest absolute Gasteiger partial charge is 0.247 e. The van der Waals surface area contributed by atoms with Crippen molar-refractivity contribution >= 4 is 27.7 Å². The van der Waals surface area contributed by atoms with Gasteiger partial charge >= 0.3 is 0 Å². The van der Waals surface area contributed by atoms with Crippen LogP contribution in [0.15, 0.2) is 54.7 Å². The Bertz CT molecular complexity index is 999. The van der Waals surface area contributed by atoms with E-state index in [1.165, 1.54) is 4.31 Å². The molecule has 6 nitrogen and oxygen atoms in total. The maximum absolute atomic E-state index is 12.9. The molecule has 1 atom stereocenters. The van der Waals surface area contributed by atoms with Gasteiger partial charge in [0.1, 0.15) is 0 Å². The molecule has 1 saturated carbocycles. The van der Waals surface area contributed by atoms with Crippen molar-refractivity contribution in [2.45, 2.75) is 38.3 Å². The Balaban J connectivity index is 1.47. The number of rotatable bonds is 6. The summed E-state index contributed by atoms with van der Waals surface area (Å²) in [6.07, 6.45) is 7.83. The van der Waals surface area contributed by atoms with E-state index >= 15 is 0 Å². The van der Waals surface area contributed by atoms with Gasteiger partial charge in [-0.25, -0.2) is 8.42 Å². The van der Waals surface area contributed by atoms with Crippen LogP contribution in [0.1, 0.15) is 43.5 Å². The number of sulfonamides is 1. The molecule has 0 N–H and O–H groups in total. The summed E-state index contributed by atoms with van der Waals surface area (Å²) in [5, 5.41) is 0. The molecule has 2 aliphatic rings. The first-order chi connectivity index (χ1) is 14.0. The van der Waals surface area contributed by atoms with Crippen LogP contribution < -0.4 is 4.31 Å². The number of amides is 1. The van der Waals surface area contributed by atoms with Crippen molar-refractivity contribution in [3.05, 3.63) is 66.0 Å². The number of anilines is 1. The van der Waals surface area contributed by atoms with E-state index in [0.29, 0.717) is 18.7 Å². The van der Waals surface area contributed by atoms with E-state index in [-0.39, 0.29) is 23.7 Å². The van der Waals surface area contributed by atoms with E-state index in [0.717, 1.165) is 24.1 Å². The van der Waals surface area contributed by atoms with E-state index in [1.54, 1.807) is 30.5 Å². The molecular formula is C22H25N3O3S. The first kappa shape index (κ1) is 19.6. The van der Waals surface area contributed by atoms with Crippen molar-refractivity contribution in [3.8, 4) is 0 Å². The predicted molar refractivity (Wildman–Crippen MR) is 114 cm³/mol. The molecule has 4 rings (SSSR count). The number of pyridine rings is 1. The molecule has 0 bridgehead atoms. The molecule has 1 unspecified atom stereocenters. The van der Waals surface area contributed by atoms with Crippen LogP contribution in [-0.2, 0) is 14.8 Å². The van der Waals surface area contributed by atoms with Gasteiger partial charge in [-0.1, -0.05) is 18.2 Å². The molecule has 1 aromatic heterocycles. The molecule has 0 radical (unpaired) electrons. The molecule has 29 heavy (non-hydrogen) atoms. The van der Waals surface area contributed by atoms with Gasteiger partial charge in [-0.15, -0.1) is 0 Å². The Kier molecular flexibility index (Phi) is 5.41. The third kappa shape index (κ3) is 4.34. The summed E-state index contributed by atoms with van der Waals surface area (Å²) in [6.45, 7) is 2.54. The number of hydrogen-bond donors (Lipinski definition) is 0. The quantitative estimate of drug-likeness (QED) is 0.683. The molecule has 1 aromatic carbocycles. The van der Waals surface area contributed by atoms with Gasteiger partial charge in [0.05, 0.1) is 23.2 Å². The lowest BCUT2D eigenvalue weighted by atomic mass is 10.1. The Hall–Kier alpha value is -2.67. The van der Waals surface area contributed by atoms with Crippen molar-refractivity contribution < 1.29 is 13.2 Å². The summed E-state index contributed by atoms with van der Waals surface area (Å²) in [4.78, 5) is 19.2. The second-order valence-electron chi connectivity index (χ2n) is 7.57. The summed E-state index contributed by atoms with van der Waals surface area (Å²) in [5.74, 6) is 0.172. The lowest BCUT2D eigenvalue weighted by molar-refractivity contribution is -0.128. The van der Waals surface area contributed by atoms with E-state index in [9.17, 15) is 13.2 Å². The van der Waals surface area contributed by atoms with Crippen LogP contribution in [0.25, 0.3) is 6.08 Å². The summed E-state index contributed by atoms with van der Waals surface area (Å²) in [6, 6.07) is 13.2. The minimum Gasteiger partial charge on any atom is -0.328 e. The lowest BCUT2D eigenvalue weighted by Crippen LogP contribution is -2.34. The Morgan fingerprint density at radius 3 is 2.55 bits per heavy atom. The Labute approximate surface area is 171 Å². The third-order valence-corrected chi connectivity index (χ3v) is 7.30. The second-order valence-corrected chi connectivity index (χ2v) is 9.59. The topological polar surface area (TPSA) is 70.6 Å². The first-order valence-corrected chi connectivity index (χ1v) is 11.6. The minimum absolute atomic E-state index is 0.0307. The van der Waals surface area contributed by atoms with Crippen molar-refractivity contribution in [1.29, 1.82) is 0 Å². The summed E-state index contributed by atoms with van der Waals surface area (Å²) >= 11 is 0. The molecule has 1 saturated heterocycles. The van der Waals surface area contributed by atoms with Crippen molar-refractivity contribution in [2.24, 2.45) is 0 Å². The van der Waals surface area contributed by atoms with Gasteiger partial charge in [0.2, 0.25) is 15.9 Å². The highest BCUT2D eigenvalue weighted by molar-refractivity contribution is 7.93. The highest BCUT2D eigenvalue weighted by Crippen LogP contribution is 2.34. The van der Waals surface area contributed by atoms with E-state index in [2.05, 4.69) is 4.98 Å². The maximum atomic E-state index is 12.9. The van der Waals surface area contributed by atoms with Crippen LogP contribution in [0.5, 0.6) is 0 Å². The molecular weight excluding hydrogens is 386 g/mol. The van der Waals surface area contributed by atoms with E-state index in [4.69, 9.17) is 0 Å². The average molecular weight is 412 g/mol. The fraction of sp³-hybridized carbons (Fsp3) is 0.364. The predicted octanol–water partition coefficient (Wildman–Crippen LogP) is 3.39. The molecule has 1 aliphatic heterocycles. The molecule has 2 heterocycles. The van der Waals surface area contributed by atoms with Gasteiger partial charge in [-0.05, 0) is 62.1 Å². The van der Waals surface area contributed by atoms with Crippen LogP contribution in [0.4, 0.5) is 5.69 Å². The van der Waals surface area contributed by atoms with Gasteiger partial charge in [0, 0.05) is 24.9 Å². The van der Waals surface area contributed by atoms with Gasteiger partial charge in [0.25, 0.3) is 0 Å². The average Bonchev–Trinajstić information content (AvgIpc) is 3.49. The van der Waals surface area contributed by atoms with Gasteiger partial charge in [-0.2, -0.15) is 0 Å². The van der Waals surface area contributed by atoms with Crippen molar-refractivity contribution in [2.75, 3.05) is 16.6 Å². The van der Waals surface area contributed by atoms with Crippen molar-refractivity contribution in [1.82, 2.24) is 9.88 Å². The summed E-state index contributed by atoms with van der Waals surface area (Å²) in [7, 11) is -3.18. The summed E-state index contributed by atoms with van der Waals surface area (Å²) < 4.78 is 25.5. The van der Waals surface area contributed by atoms with E-state index in [1.807, 2.05) is 42.2 Å². The molecule has 2 aromatic rings. The third-order valence-electron chi connectivity index (χ3n) is 5.43. The fourth-order valence-corrected chi connectivity index (χ4v) is 5.30. The molecule has 152 valence electrons.